The van der Waals surface area contributed by atoms with Crippen LogP contribution in [0.2, 0.25) is 15.1 Å². The average molecular weight is 589 g/mol. The number of carbonyl (C=O) groups is 2. The largest absolute Gasteiger partial charge is 0.462 e. The molecule has 0 heterocycles. The molecule has 0 aliphatic heterocycles. The third-order valence-electron chi connectivity index (χ3n) is 4.47. The second-order valence-corrected chi connectivity index (χ2v) is 8.95. The van der Waals surface area contributed by atoms with Crippen LogP contribution < -0.4 is 4.90 Å². The maximum Gasteiger partial charge on any atom is 0.338 e. The number of esters is 1. The topological polar surface area (TPSA) is 46.6 Å². The lowest BCUT2D eigenvalue weighted by Gasteiger charge is -2.25. The third kappa shape index (κ3) is 5.71. The van der Waals surface area contributed by atoms with Crippen molar-refractivity contribution in [1.82, 2.24) is 0 Å². The molecule has 160 valence electrons. The summed E-state index contributed by atoms with van der Waals surface area (Å²) in [5.74, 6) is -0.745. The first-order valence-electron chi connectivity index (χ1n) is 9.28. The number of anilines is 1. The molecule has 0 N–H and O–H groups in total. The van der Waals surface area contributed by atoms with Gasteiger partial charge < -0.3 is 9.64 Å². The summed E-state index contributed by atoms with van der Waals surface area (Å²) in [5, 5.41) is 1.23. The highest BCUT2D eigenvalue weighted by Crippen LogP contribution is 2.30. The number of benzene rings is 3. The van der Waals surface area contributed by atoms with E-state index in [9.17, 15) is 9.59 Å². The Morgan fingerprint density at radius 1 is 0.935 bits per heavy atom. The van der Waals surface area contributed by atoms with Gasteiger partial charge in [-0.3, -0.25) is 4.79 Å². The summed E-state index contributed by atoms with van der Waals surface area (Å²) >= 11 is 21.2. The Morgan fingerprint density at radius 2 is 1.58 bits per heavy atom. The number of rotatable bonds is 6. The minimum absolute atomic E-state index is 0.123. The van der Waals surface area contributed by atoms with Gasteiger partial charge in [-0.2, -0.15) is 0 Å². The molecule has 4 nitrogen and oxygen atoms in total. The number of amides is 1. The van der Waals surface area contributed by atoms with Gasteiger partial charge in [-0.1, -0.05) is 40.9 Å². The lowest BCUT2D eigenvalue weighted by Crippen LogP contribution is -2.31. The third-order valence-corrected chi connectivity index (χ3v) is 6.18. The van der Waals surface area contributed by atoms with Crippen LogP contribution >= 0.6 is 57.4 Å². The van der Waals surface area contributed by atoms with Gasteiger partial charge in [0.1, 0.15) is 0 Å². The standard InChI is InChI=1S/C23H17Cl3INO3/c1-2-31-23(30)14-6-9-16(10-7-14)28(13-18-19(24)4-3-5-20(18)25)22(29)17-12-15(27)8-11-21(17)26/h3-12H,2,13H2,1H3. The van der Waals surface area contributed by atoms with Crippen molar-refractivity contribution >= 4 is 75.0 Å². The fraction of sp³-hybridized carbons (Fsp3) is 0.130. The zero-order valence-electron chi connectivity index (χ0n) is 16.4. The first-order chi connectivity index (χ1) is 14.8. The SMILES string of the molecule is CCOC(=O)c1ccc(N(Cc2c(Cl)cccc2Cl)C(=O)c2cc(I)ccc2Cl)cc1. The van der Waals surface area contributed by atoms with E-state index in [-0.39, 0.29) is 19.1 Å². The van der Waals surface area contributed by atoms with Gasteiger partial charge in [-0.15, -0.1) is 0 Å². The van der Waals surface area contributed by atoms with Crippen LogP contribution in [0.25, 0.3) is 0 Å². The lowest BCUT2D eigenvalue weighted by molar-refractivity contribution is 0.0526. The number of carbonyl (C=O) groups excluding carboxylic acids is 2. The Morgan fingerprint density at radius 3 is 2.19 bits per heavy atom. The molecule has 8 heteroatoms. The molecule has 0 fully saturated rings. The highest BCUT2D eigenvalue weighted by Gasteiger charge is 2.23. The van der Waals surface area contributed by atoms with E-state index in [1.807, 2.05) is 6.07 Å². The van der Waals surface area contributed by atoms with Crippen LogP contribution in [0.15, 0.2) is 60.7 Å². The summed E-state index contributed by atoms with van der Waals surface area (Å²) in [6.07, 6.45) is 0. The van der Waals surface area contributed by atoms with Crippen molar-refractivity contribution in [3.05, 3.63) is 96.0 Å². The lowest BCUT2D eigenvalue weighted by atomic mass is 10.1. The summed E-state index contributed by atoms with van der Waals surface area (Å²) in [5.41, 5.74) is 1.91. The van der Waals surface area contributed by atoms with Gasteiger partial charge in [0, 0.05) is 24.9 Å². The van der Waals surface area contributed by atoms with Crippen LogP contribution in [0.5, 0.6) is 0 Å². The molecule has 3 aromatic rings. The molecule has 0 saturated carbocycles. The van der Waals surface area contributed by atoms with E-state index < -0.39 is 5.97 Å². The fourth-order valence-corrected chi connectivity index (χ4v) is 4.13. The van der Waals surface area contributed by atoms with Gasteiger partial charge >= 0.3 is 5.97 Å². The number of halogens is 4. The molecule has 0 spiro atoms. The molecule has 0 radical (unpaired) electrons. The van der Waals surface area contributed by atoms with Crippen molar-refractivity contribution in [1.29, 1.82) is 0 Å². The first kappa shape index (κ1) is 23.9. The molecule has 0 aliphatic carbocycles. The highest BCUT2D eigenvalue weighted by molar-refractivity contribution is 14.1. The molecule has 3 rings (SSSR count). The minimum Gasteiger partial charge on any atom is -0.462 e. The molecule has 0 aliphatic rings. The van der Waals surface area contributed by atoms with Crippen molar-refractivity contribution in [3.8, 4) is 0 Å². The summed E-state index contributed by atoms with van der Waals surface area (Å²) in [6, 6.07) is 17.0. The number of ether oxygens (including phenoxy) is 1. The van der Waals surface area contributed by atoms with E-state index in [0.29, 0.717) is 37.4 Å². The summed E-state index contributed by atoms with van der Waals surface area (Å²) in [6.45, 7) is 2.14. The van der Waals surface area contributed by atoms with Gasteiger partial charge in [-0.25, -0.2) is 4.79 Å². The van der Waals surface area contributed by atoms with E-state index >= 15 is 0 Å². The van der Waals surface area contributed by atoms with Crippen LogP contribution in [0, 0.1) is 3.57 Å². The van der Waals surface area contributed by atoms with E-state index in [0.717, 1.165) is 3.57 Å². The van der Waals surface area contributed by atoms with Crippen molar-refractivity contribution in [2.24, 2.45) is 0 Å². The van der Waals surface area contributed by atoms with Crippen LogP contribution in [0.3, 0.4) is 0 Å². The Labute approximate surface area is 209 Å². The van der Waals surface area contributed by atoms with Gasteiger partial charge in [0.25, 0.3) is 5.91 Å². The first-order valence-corrected chi connectivity index (χ1v) is 11.5. The number of hydrogen-bond donors (Lipinski definition) is 0. The van der Waals surface area contributed by atoms with Gasteiger partial charge in [0.05, 0.1) is 29.3 Å². The molecule has 0 aromatic heterocycles. The monoisotopic (exact) mass is 587 g/mol. The molecule has 0 saturated heterocycles. The van der Waals surface area contributed by atoms with E-state index in [1.165, 1.54) is 4.90 Å². The molecule has 0 atom stereocenters. The van der Waals surface area contributed by atoms with E-state index in [1.54, 1.807) is 61.5 Å². The van der Waals surface area contributed by atoms with E-state index in [4.69, 9.17) is 39.5 Å². The maximum absolute atomic E-state index is 13.5. The van der Waals surface area contributed by atoms with Crippen LogP contribution in [0.1, 0.15) is 33.2 Å². The van der Waals surface area contributed by atoms with Crippen LogP contribution in [-0.4, -0.2) is 18.5 Å². The minimum atomic E-state index is -0.429. The van der Waals surface area contributed by atoms with Gasteiger partial charge in [0.2, 0.25) is 0 Å². The summed E-state index contributed by atoms with van der Waals surface area (Å²) in [4.78, 5) is 27.0. The molecule has 3 aromatic carbocycles. The Bertz CT molecular complexity index is 1100. The zero-order valence-corrected chi connectivity index (χ0v) is 20.8. The second kappa shape index (κ2) is 10.7. The average Bonchev–Trinajstić information content (AvgIpc) is 2.75. The fourth-order valence-electron chi connectivity index (χ4n) is 2.92. The molecule has 31 heavy (non-hydrogen) atoms. The molecule has 0 bridgehead atoms. The van der Waals surface area contributed by atoms with Crippen molar-refractivity contribution < 1.29 is 14.3 Å². The smallest absolute Gasteiger partial charge is 0.338 e. The highest BCUT2D eigenvalue weighted by atomic mass is 127. The summed E-state index contributed by atoms with van der Waals surface area (Å²) < 4.78 is 5.90. The predicted octanol–water partition coefficient (Wildman–Crippen LogP) is 7.28. The predicted molar refractivity (Wildman–Crippen MR) is 134 cm³/mol. The second-order valence-electron chi connectivity index (χ2n) is 6.48. The summed E-state index contributed by atoms with van der Waals surface area (Å²) in [7, 11) is 0. The quantitative estimate of drug-likeness (QED) is 0.225. The van der Waals surface area contributed by atoms with Crippen LogP contribution in [-0.2, 0) is 11.3 Å². The number of hydrogen-bond acceptors (Lipinski definition) is 3. The van der Waals surface area contributed by atoms with Crippen molar-refractivity contribution in [2.75, 3.05) is 11.5 Å². The Kier molecular flexibility index (Phi) is 8.22. The maximum atomic E-state index is 13.5. The van der Waals surface area contributed by atoms with Crippen molar-refractivity contribution in [3.63, 3.8) is 0 Å². The van der Waals surface area contributed by atoms with Gasteiger partial charge in [-0.05, 0) is 84.1 Å². The normalized spacial score (nSPS) is 10.6. The van der Waals surface area contributed by atoms with Crippen LogP contribution in [0.4, 0.5) is 5.69 Å². The molecule has 0 unspecified atom stereocenters. The Balaban J connectivity index is 2.05. The molecular weight excluding hydrogens is 572 g/mol. The molecule has 1 amide bonds. The Hall–Kier alpha value is -1.80. The van der Waals surface area contributed by atoms with E-state index in [2.05, 4.69) is 22.6 Å². The molecular formula is C23H17Cl3INO3. The number of nitrogens with zero attached hydrogens (tertiary/aromatic N) is 1. The van der Waals surface area contributed by atoms with Gasteiger partial charge in [0.15, 0.2) is 0 Å². The zero-order chi connectivity index (χ0) is 22.5. The van der Waals surface area contributed by atoms with Crippen molar-refractivity contribution in [2.45, 2.75) is 13.5 Å².